The first-order chi connectivity index (χ1) is 12.7. The highest BCUT2D eigenvalue weighted by Crippen LogP contribution is 2.43. The van der Waals surface area contributed by atoms with Gasteiger partial charge in [0.15, 0.2) is 0 Å². The Balaban J connectivity index is 2.31. The third-order valence-electron chi connectivity index (χ3n) is 5.45. The largest absolute Gasteiger partial charge is 0.309 e. The number of benzene rings is 3. The van der Waals surface area contributed by atoms with E-state index in [0.29, 0.717) is 0 Å². The van der Waals surface area contributed by atoms with Gasteiger partial charge in [-0.05, 0) is 40.2 Å². The highest BCUT2D eigenvalue weighted by Gasteiger charge is 2.27. The average Bonchev–Trinajstić information content (AvgIpc) is 2.95. The first kappa shape index (κ1) is 17.9. The van der Waals surface area contributed by atoms with E-state index in [1.54, 1.807) is 0 Å². The number of para-hydroxylation sites is 2. The Kier molecular flexibility index (Phi) is 3.96. The van der Waals surface area contributed by atoms with E-state index >= 15 is 0 Å². The number of rotatable bonds is 1. The van der Waals surface area contributed by atoms with E-state index in [2.05, 4.69) is 113 Å². The number of fused-ring (bicyclic) bond motifs is 3. The van der Waals surface area contributed by atoms with Crippen LogP contribution < -0.4 is 0 Å². The Bertz CT molecular complexity index is 1120. The van der Waals surface area contributed by atoms with Crippen molar-refractivity contribution in [1.82, 2.24) is 4.57 Å². The molecule has 3 aromatic carbocycles. The van der Waals surface area contributed by atoms with Crippen molar-refractivity contribution in [2.75, 3.05) is 0 Å². The van der Waals surface area contributed by atoms with Crippen LogP contribution >= 0.6 is 0 Å². The predicted molar refractivity (Wildman–Crippen MR) is 118 cm³/mol. The van der Waals surface area contributed by atoms with Crippen molar-refractivity contribution in [3.05, 3.63) is 77.9 Å². The molecule has 0 fully saturated rings. The predicted octanol–water partition coefficient (Wildman–Crippen LogP) is 7.38. The van der Waals surface area contributed by atoms with Crippen molar-refractivity contribution in [2.24, 2.45) is 0 Å². The Morgan fingerprint density at radius 1 is 0.593 bits per heavy atom. The third-order valence-corrected chi connectivity index (χ3v) is 5.45. The van der Waals surface area contributed by atoms with Gasteiger partial charge in [-0.3, -0.25) is 0 Å². The highest BCUT2D eigenvalue weighted by molar-refractivity contribution is 6.12. The minimum Gasteiger partial charge on any atom is -0.309 e. The normalized spacial score (nSPS) is 12.8. The molecule has 0 N–H and O–H groups in total. The summed E-state index contributed by atoms with van der Waals surface area (Å²) in [5.74, 6) is 0. The maximum absolute atomic E-state index is 2.46. The summed E-state index contributed by atoms with van der Waals surface area (Å²) in [6.45, 7) is 13.9. The zero-order valence-electron chi connectivity index (χ0n) is 17.3. The molecule has 0 amide bonds. The molecule has 0 aliphatic carbocycles. The second-order valence-corrected chi connectivity index (χ2v) is 9.57. The number of hydrogen-bond donors (Lipinski definition) is 0. The summed E-state index contributed by atoms with van der Waals surface area (Å²) in [6.07, 6.45) is 0. The third kappa shape index (κ3) is 2.86. The van der Waals surface area contributed by atoms with Gasteiger partial charge in [0.1, 0.15) is 0 Å². The zero-order valence-corrected chi connectivity index (χ0v) is 17.3. The molecule has 1 nitrogen and oxygen atoms in total. The van der Waals surface area contributed by atoms with Gasteiger partial charge >= 0.3 is 0 Å². The molecule has 0 aliphatic heterocycles. The minimum atomic E-state index is 0.0651. The van der Waals surface area contributed by atoms with E-state index in [1.807, 2.05) is 0 Å². The van der Waals surface area contributed by atoms with Crippen molar-refractivity contribution in [3.63, 3.8) is 0 Å². The van der Waals surface area contributed by atoms with Crippen LogP contribution in [0.2, 0.25) is 0 Å². The molecule has 0 aliphatic rings. The van der Waals surface area contributed by atoms with Gasteiger partial charge in [0, 0.05) is 16.5 Å². The molecule has 0 atom stereocenters. The van der Waals surface area contributed by atoms with Crippen LogP contribution in [0.25, 0.3) is 27.5 Å². The molecule has 4 rings (SSSR count). The lowest BCUT2D eigenvalue weighted by atomic mass is 9.79. The monoisotopic (exact) mass is 355 g/mol. The summed E-state index contributed by atoms with van der Waals surface area (Å²) < 4.78 is 2.46. The van der Waals surface area contributed by atoms with Gasteiger partial charge in [-0.15, -0.1) is 0 Å². The van der Waals surface area contributed by atoms with Crippen LogP contribution in [0.5, 0.6) is 0 Å². The highest BCUT2D eigenvalue weighted by atomic mass is 15.0. The first-order valence-electron chi connectivity index (χ1n) is 9.82. The molecule has 27 heavy (non-hydrogen) atoms. The van der Waals surface area contributed by atoms with E-state index in [9.17, 15) is 0 Å². The van der Waals surface area contributed by atoms with Crippen molar-refractivity contribution < 1.29 is 0 Å². The lowest BCUT2D eigenvalue weighted by Crippen LogP contribution is -2.16. The van der Waals surface area contributed by atoms with Gasteiger partial charge in [0.25, 0.3) is 0 Å². The molecule has 0 bridgehead atoms. The Morgan fingerprint density at radius 2 is 1.15 bits per heavy atom. The Labute approximate surface area is 162 Å². The van der Waals surface area contributed by atoms with Crippen molar-refractivity contribution >= 4 is 21.8 Å². The van der Waals surface area contributed by atoms with Crippen molar-refractivity contribution in [3.8, 4) is 5.69 Å². The van der Waals surface area contributed by atoms with Crippen LogP contribution in [0.4, 0.5) is 0 Å². The summed E-state index contributed by atoms with van der Waals surface area (Å²) in [5.41, 5.74) is 6.81. The fourth-order valence-corrected chi connectivity index (χ4v) is 4.17. The molecule has 4 aromatic rings. The number of hydrogen-bond acceptors (Lipinski definition) is 0. The Hall–Kier alpha value is -2.54. The number of nitrogens with zero attached hydrogens (tertiary/aromatic N) is 1. The van der Waals surface area contributed by atoms with Gasteiger partial charge in [-0.2, -0.15) is 0 Å². The van der Waals surface area contributed by atoms with Crippen molar-refractivity contribution in [2.45, 2.75) is 52.4 Å². The van der Waals surface area contributed by atoms with Crippen LogP contribution in [0, 0.1) is 0 Å². The fourth-order valence-electron chi connectivity index (χ4n) is 4.17. The Morgan fingerprint density at radius 3 is 1.78 bits per heavy atom. The maximum atomic E-state index is 2.46. The first-order valence-corrected chi connectivity index (χ1v) is 9.82. The maximum Gasteiger partial charge on any atom is 0.0581 e. The SMILES string of the molecule is CC(C)(C)c1ccc(C(C)(C)C)c2c1c1ccccc1n2-c1ccccc1. The van der Waals surface area contributed by atoms with E-state index < -0.39 is 0 Å². The molecule has 0 radical (unpaired) electrons. The second-order valence-electron chi connectivity index (χ2n) is 9.57. The molecule has 0 saturated carbocycles. The molecule has 0 saturated heterocycles. The van der Waals surface area contributed by atoms with Gasteiger partial charge in [-0.1, -0.05) is 90.1 Å². The lowest BCUT2D eigenvalue weighted by Gasteiger charge is -2.26. The van der Waals surface area contributed by atoms with Crippen LogP contribution in [-0.4, -0.2) is 4.57 Å². The molecule has 1 aromatic heterocycles. The zero-order chi connectivity index (χ0) is 19.4. The molecule has 138 valence electrons. The van der Waals surface area contributed by atoms with Crippen molar-refractivity contribution in [1.29, 1.82) is 0 Å². The van der Waals surface area contributed by atoms with E-state index in [4.69, 9.17) is 0 Å². The molecular weight excluding hydrogens is 326 g/mol. The van der Waals surface area contributed by atoms with E-state index in [-0.39, 0.29) is 10.8 Å². The van der Waals surface area contributed by atoms with Crippen LogP contribution in [0.15, 0.2) is 66.7 Å². The van der Waals surface area contributed by atoms with Crippen LogP contribution in [-0.2, 0) is 10.8 Å². The summed E-state index contributed by atoms with van der Waals surface area (Å²) in [6, 6.07) is 24.3. The minimum absolute atomic E-state index is 0.0651. The lowest BCUT2D eigenvalue weighted by molar-refractivity contribution is 0.584. The molecule has 0 spiro atoms. The summed E-state index contributed by atoms with van der Waals surface area (Å²) in [5, 5.41) is 2.74. The molecule has 1 heterocycles. The smallest absolute Gasteiger partial charge is 0.0581 e. The summed E-state index contributed by atoms with van der Waals surface area (Å²) >= 11 is 0. The average molecular weight is 356 g/mol. The fraction of sp³-hybridized carbons (Fsp3) is 0.308. The topological polar surface area (TPSA) is 4.93 Å². The van der Waals surface area contributed by atoms with Gasteiger partial charge in [0.2, 0.25) is 0 Å². The standard InChI is InChI=1S/C26H29N/c1-25(2,3)20-16-17-21(26(4,5)6)24-23(20)19-14-10-11-15-22(19)27(24)18-12-8-7-9-13-18/h7-17H,1-6H3. The van der Waals surface area contributed by atoms with Gasteiger partial charge in [-0.25, -0.2) is 0 Å². The van der Waals surface area contributed by atoms with Crippen LogP contribution in [0.1, 0.15) is 52.7 Å². The summed E-state index contributed by atoms with van der Waals surface area (Å²) in [7, 11) is 0. The van der Waals surface area contributed by atoms with E-state index in [1.165, 1.54) is 38.6 Å². The summed E-state index contributed by atoms with van der Waals surface area (Å²) in [4.78, 5) is 0. The van der Waals surface area contributed by atoms with E-state index in [0.717, 1.165) is 0 Å². The molecular formula is C26H29N. The molecule has 1 heteroatoms. The second kappa shape index (κ2) is 5.99. The number of aromatic nitrogens is 1. The molecule has 0 unspecified atom stereocenters. The quantitative estimate of drug-likeness (QED) is 0.336. The van der Waals surface area contributed by atoms with Gasteiger partial charge < -0.3 is 4.57 Å². The van der Waals surface area contributed by atoms with Crippen LogP contribution in [0.3, 0.4) is 0 Å². The van der Waals surface area contributed by atoms with Gasteiger partial charge in [0.05, 0.1) is 11.0 Å².